The largest absolute Gasteiger partial charge is 0.456 e. The van der Waals surface area contributed by atoms with Crippen LogP contribution in [-0.4, -0.2) is 4.98 Å². The van der Waals surface area contributed by atoms with Gasteiger partial charge in [0.1, 0.15) is 16.7 Å². The molecule has 2 aromatic rings. The van der Waals surface area contributed by atoms with Crippen molar-refractivity contribution in [3.8, 4) is 11.5 Å². The number of hydrogen-bond donors (Lipinski definition) is 0. The standard InChI is InChI=1S/C12H9BrClNO/c1-8-6-11(7-15-12(8)14)16-10-4-2-9(13)3-5-10/h2-7H,1H3. The number of nitrogens with zero attached hydrogens (tertiary/aromatic N) is 1. The molecule has 0 aliphatic carbocycles. The molecule has 0 unspecified atom stereocenters. The van der Waals surface area contributed by atoms with Gasteiger partial charge in [-0.15, -0.1) is 0 Å². The van der Waals surface area contributed by atoms with Crippen molar-refractivity contribution in [2.45, 2.75) is 6.92 Å². The van der Waals surface area contributed by atoms with Gasteiger partial charge in [0.25, 0.3) is 0 Å². The van der Waals surface area contributed by atoms with Gasteiger partial charge < -0.3 is 4.74 Å². The maximum atomic E-state index is 5.83. The lowest BCUT2D eigenvalue weighted by Gasteiger charge is -2.06. The molecule has 82 valence electrons. The molecule has 0 atom stereocenters. The predicted octanol–water partition coefficient (Wildman–Crippen LogP) is 4.60. The van der Waals surface area contributed by atoms with Crippen LogP contribution in [0.4, 0.5) is 0 Å². The molecule has 0 fully saturated rings. The number of ether oxygens (including phenoxy) is 1. The molecule has 0 amide bonds. The Labute approximate surface area is 107 Å². The fraction of sp³-hybridized carbons (Fsp3) is 0.0833. The molecular weight excluding hydrogens is 289 g/mol. The Balaban J connectivity index is 2.20. The molecular formula is C12H9BrClNO. The van der Waals surface area contributed by atoms with Crippen molar-refractivity contribution in [1.82, 2.24) is 4.98 Å². The fourth-order valence-corrected chi connectivity index (χ4v) is 1.59. The van der Waals surface area contributed by atoms with Crippen molar-refractivity contribution >= 4 is 27.5 Å². The molecule has 0 spiro atoms. The van der Waals surface area contributed by atoms with Gasteiger partial charge in [-0.05, 0) is 42.8 Å². The van der Waals surface area contributed by atoms with Gasteiger partial charge >= 0.3 is 0 Å². The fourth-order valence-electron chi connectivity index (χ4n) is 1.23. The van der Waals surface area contributed by atoms with Crippen LogP contribution in [0, 0.1) is 6.92 Å². The maximum Gasteiger partial charge on any atom is 0.146 e. The summed E-state index contributed by atoms with van der Waals surface area (Å²) >= 11 is 9.20. The van der Waals surface area contributed by atoms with E-state index in [-0.39, 0.29) is 0 Å². The van der Waals surface area contributed by atoms with Crippen molar-refractivity contribution in [2.75, 3.05) is 0 Å². The van der Waals surface area contributed by atoms with Crippen LogP contribution in [0.5, 0.6) is 11.5 Å². The number of halogens is 2. The lowest BCUT2D eigenvalue weighted by atomic mass is 10.3. The van der Waals surface area contributed by atoms with E-state index >= 15 is 0 Å². The van der Waals surface area contributed by atoms with Crippen molar-refractivity contribution < 1.29 is 4.74 Å². The Kier molecular flexibility index (Phi) is 3.46. The first-order chi connectivity index (χ1) is 7.65. The molecule has 0 saturated heterocycles. The summed E-state index contributed by atoms with van der Waals surface area (Å²) in [5.41, 5.74) is 0.899. The summed E-state index contributed by atoms with van der Waals surface area (Å²) in [5, 5.41) is 0.503. The van der Waals surface area contributed by atoms with Gasteiger partial charge in [0.2, 0.25) is 0 Å². The minimum absolute atomic E-state index is 0.503. The third kappa shape index (κ3) is 2.74. The van der Waals surface area contributed by atoms with Gasteiger partial charge in [-0.1, -0.05) is 27.5 Å². The molecule has 2 nitrogen and oxygen atoms in total. The van der Waals surface area contributed by atoms with Crippen LogP contribution in [-0.2, 0) is 0 Å². The highest BCUT2D eigenvalue weighted by atomic mass is 79.9. The number of aryl methyl sites for hydroxylation is 1. The summed E-state index contributed by atoms with van der Waals surface area (Å²) in [4.78, 5) is 4.02. The molecule has 1 aromatic heterocycles. The van der Waals surface area contributed by atoms with Gasteiger partial charge in [0, 0.05) is 4.47 Å². The first-order valence-corrected chi connectivity index (χ1v) is 5.88. The SMILES string of the molecule is Cc1cc(Oc2ccc(Br)cc2)cnc1Cl. The second kappa shape index (κ2) is 4.85. The molecule has 0 aliphatic rings. The average Bonchev–Trinajstić information content (AvgIpc) is 2.27. The summed E-state index contributed by atoms with van der Waals surface area (Å²) in [6.45, 7) is 1.89. The zero-order valence-corrected chi connectivity index (χ0v) is 10.9. The van der Waals surface area contributed by atoms with E-state index in [1.54, 1.807) is 6.20 Å². The molecule has 16 heavy (non-hydrogen) atoms. The van der Waals surface area contributed by atoms with Crippen LogP contribution in [0.15, 0.2) is 41.0 Å². The molecule has 4 heteroatoms. The zero-order chi connectivity index (χ0) is 11.5. The lowest BCUT2D eigenvalue weighted by Crippen LogP contribution is -1.87. The number of pyridine rings is 1. The van der Waals surface area contributed by atoms with E-state index < -0.39 is 0 Å². The van der Waals surface area contributed by atoms with Crippen molar-refractivity contribution in [2.24, 2.45) is 0 Å². The van der Waals surface area contributed by atoms with Gasteiger partial charge in [-0.3, -0.25) is 0 Å². The van der Waals surface area contributed by atoms with Crippen molar-refractivity contribution in [1.29, 1.82) is 0 Å². The molecule has 0 bridgehead atoms. The normalized spacial score (nSPS) is 10.2. The third-order valence-corrected chi connectivity index (χ3v) is 2.96. The van der Waals surface area contributed by atoms with Gasteiger partial charge in [0.05, 0.1) is 6.20 Å². The average molecular weight is 299 g/mol. The Morgan fingerprint density at radius 2 is 1.88 bits per heavy atom. The summed E-state index contributed by atoms with van der Waals surface area (Å²) in [6.07, 6.45) is 1.61. The topological polar surface area (TPSA) is 22.1 Å². The van der Waals surface area contributed by atoms with E-state index in [9.17, 15) is 0 Å². The monoisotopic (exact) mass is 297 g/mol. The van der Waals surface area contributed by atoms with Crippen LogP contribution >= 0.6 is 27.5 Å². The van der Waals surface area contributed by atoms with Gasteiger partial charge in [0.15, 0.2) is 0 Å². The van der Waals surface area contributed by atoms with Crippen LogP contribution in [0.3, 0.4) is 0 Å². The molecule has 0 radical (unpaired) electrons. The Morgan fingerprint density at radius 3 is 2.50 bits per heavy atom. The van der Waals surface area contributed by atoms with E-state index in [2.05, 4.69) is 20.9 Å². The third-order valence-electron chi connectivity index (χ3n) is 2.04. The van der Waals surface area contributed by atoms with E-state index in [4.69, 9.17) is 16.3 Å². The van der Waals surface area contributed by atoms with Crippen LogP contribution in [0.1, 0.15) is 5.56 Å². The number of hydrogen-bond acceptors (Lipinski definition) is 2. The highest BCUT2D eigenvalue weighted by Crippen LogP contribution is 2.25. The zero-order valence-electron chi connectivity index (χ0n) is 8.58. The predicted molar refractivity (Wildman–Crippen MR) is 68.2 cm³/mol. The minimum atomic E-state index is 0.503. The number of aromatic nitrogens is 1. The summed E-state index contributed by atoms with van der Waals surface area (Å²) < 4.78 is 6.65. The van der Waals surface area contributed by atoms with Gasteiger partial charge in [-0.25, -0.2) is 4.98 Å². The first-order valence-electron chi connectivity index (χ1n) is 4.71. The summed E-state index contributed by atoms with van der Waals surface area (Å²) in [5.74, 6) is 1.45. The lowest BCUT2D eigenvalue weighted by molar-refractivity contribution is 0.479. The number of benzene rings is 1. The van der Waals surface area contributed by atoms with E-state index in [0.717, 1.165) is 15.8 Å². The van der Waals surface area contributed by atoms with Crippen LogP contribution in [0.2, 0.25) is 5.15 Å². The highest BCUT2D eigenvalue weighted by Gasteiger charge is 2.01. The van der Waals surface area contributed by atoms with E-state index in [1.807, 2.05) is 37.3 Å². The number of rotatable bonds is 2. The first kappa shape index (κ1) is 11.4. The second-order valence-electron chi connectivity index (χ2n) is 3.33. The molecule has 1 aromatic carbocycles. The molecule has 0 N–H and O–H groups in total. The second-order valence-corrected chi connectivity index (χ2v) is 4.61. The molecule has 2 rings (SSSR count). The molecule has 0 aliphatic heterocycles. The Morgan fingerprint density at radius 1 is 1.19 bits per heavy atom. The van der Waals surface area contributed by atoms with E-state index in [0.29, 0.717) is 10.9 Å². The highest BCUT2D eigenvalue weighted by molar-refractivity contribution is 9.10. The molecule has 0 saturated carbocycles. The van der Waals surface area contributed by atoms with Crippen molar-refractivity contribution in [3.63, 3.8) is 0 Å². The van der Waals surface area contributed by atoms with E-state index in [1.165, 1.54) is 0 Å². The maximum absolute atomic E-state index is 5.83. The van der Waals surface area contributed by atoms with Crippen LogP contribution < -0.4 is 4.74 Å². The van der Waals surface area contributed by atoms with Crippen molar-refractivity contribution in [3.05, 3.63) is 51.7 Å². The Hall–Kier alpha value is -1.06. The summed E-state index contributed by atoms with van der Waals surface area (Å²) in [6, 6.07) is 9.47. The Bertz CT molecular complexity index is 499. The summed E-state index contributed by atoms with van der Waals surface area (Å²) in [7, 11) is 0. The quantitative estimate of drug-likeness (QED) is 0.756. The van der Waals surface area contributed by atoms with Crippen LogP contribution in [0.25, 0.3) is 0 Å². The smallest absolute Gasteiger partial charge is 0.146 e. The van der Waals surface area contributed by atoms with Gasteiger partial charge in [-0.2, -0.15) is 0 Å². The molecule has 1 heterocycles. The minimum Gasteiger partial charge on any atom is -0.456 e.